The van der Waals surface area contributed by atoms with Crippen molar-refractivity contribution < 1.29 is 19.1 Å². The maximum absolute atomic E-state index is 13.3. The Kier molecular flexibility index (Phi) is 10.6. The lowest BCUT2D eigenvalue weighted by Gasteiger charge is -2.64. The molecule has 41 heavy (non-hydrogen) atoms. The molecule has 0 saturated heterocycles. The van der Waals surface area contributed by atoms with E-state index in [1.165, 1.54) is 7.11 Å². The average Bonchev–Trinajstić information content (AvgIpc) is 2.86. The molecule has 5 nitrogen and oxygen atoms in total. The van der Waals surface area contributed by atoms with Crippen LogP contribution >= 0.6 is 0 Å². The monoisotopic (exact) mass is 569 g/mol. The second kappa shape index (κ2) is 12.3. The Bertz CT molecular complexity index is 1080. The SMILES string of the molecule is CCCC(C)(C)CC[C@@](C)(CCC(C)(C)[C@]1(C)CC[C@H]2C(C)(C)C(=O)C(C#N)=C[C@]2(C)[C@H]1CC(C)=O)CC(=O)OC. The van der Waals surface area contributed by atoms with Gasteiger partial charge in [-0.05, 0) is 90.8 Å². The summed E-state index contributed by atoms with van der Waals surface area (Å²) >= 11 is 0. The molecule has 0 amide bonds. The van der Waals surface area contributed by atoms with Crippen molar-refractivity contribution in [3.63, 3.8) is 0 Å². The van der Waals surface area contributed by atoms with Crippen LogP contribution in [0.15, 0.2) is 11.6 Å². The van der Waals surface area contributed by atoms with Crippen LogP contribution in [0.25, 0.3) is 0 Å². The molecular weight excluding hydrogens is 510 g/mol. The quantitative estimate of drug-likeness (QED) is 0.207. The van der Waals surface area contributed by atoms with E-state index in [1.54, 1.807) is 6.92 Å². The second-order valence-electron chi connectivity index (χ2n) is 16.4. The average molecular weight is 570 g/mol. The number of fused-ring (bicyclic) bond motifs is 1. The summed E-state index contributed by atoms with van der Waals surface area (Å²) in [6.07, 6.45) is 10.7. The molecular formula is C36H59NO4. The van der Waals surface area contributed by atoms with E-state index >= 15 is 0 Å². The van der Waals surface area contributed by atoms with Gasteiger partial charge in [-0.15, -0.1) is 0 Å². The zero-order valence-electron chi connectivity index (χ0n) is 28.4. The minimum atomic E-state index is -0.653. The number of nitriles is 1. The summed E-state index contributed by atoms with van der Waals surface area (Å²) in [6, 6.07) is 2.19. The number of ether oxygens (including phenoxy) is 1. The number of allylic oxidation sites excluding steroid dienone is 2. The summed E-state index contributed by atoms with van der Waals surface area (Å²) in [7, 11) is 1.47. The van der Waals surface area contributed by atoms with Crippen LogP contribution in [0, 0.1) is 55.7 Å². The third-order valence-corrected chi connectivity index (χ3v) is 12.0. The first-order chi connectivity index (χ1) is 18.6. The lowest BCUT2D eigenvalue weighted by atomic mass is 9.39. The minimum absolute atomic E-state index is 0.00711. The first kappa shape index (κ1) is 35.2. The van der Waals surface area contributed by atoms with E-state index < -0.39 is 10.8 Å². The summed E-state index contributed by atoms with van der Waals surface area (Å²) in [5.74, 6) is -0.0215. The number of hydrogen-bond acceptors (Lipinski definition) is 5. The zero-order chi connectivity index (χ0) is 31.7. The van der Waals surface area contributed by atoms with Gasteiger partial charge in [-0.2, -0.15) is 5.26 Å². The lowest BCUT2D eigenvalue weighted by Crippen LogP contribution is -2.60. The Morgan fingerprint density at radius 1 is 1.02 bits per heavy atom. The van der Waals surface area contributed by atoms with Gasteiger partial charge in [0.25, 0.3) is 0 Å². The molecule has 232 valence electrons. The van der Waals surface area contributed by atoms with Gasteiger partial charge in [-0.3, -0.25) is 9.59 Å². The van der Waals surface area contributed by atoms with Crippen LogP contribution in [-0.4, -0.2) is 24.6 Å². The van der Waals surface area contributed by atoms with E-state index in [1.807, 2.05) is 19.9 Å². The molecule has 2 rings (SSSR count). The molecule has 0 aliphatic heterocycles. The highest BCUT2D eigenvalue weighted by Gasteiger charge is 2.63. The van der Waals surface area contributed by atoms with Crippen LogP contribution in [0.1, 0.15) is 140 Å². The van der Waals surface area contributed by atoms with Crippen LogP contribution in [0.3, 0.4) is 0 Å². The predicted octanol–water partition coefficient (Wildman–Crippen LogP) is 9.05. The van der Waals surface area contributed by atoms with Crippen molar-refractivity contribution in [2.45, 2.75) is 140 Å². The molecule has 0 N–H and O–H groups in total. The fourth-order valence-corrected chi connectivity index (χ4v) is 8.77. The first-order valence-corrected chi connectivity index (χ1v) is 15.9. The maximum atomic E-state index is 13.3. The van der Waals surface area contributed by atoms with Crippen molar-refractivity contribution in [2.75, 3.05) is 7.11 Å². The van der Waals surface area contributed by atoms with E-state index in [0.29, 0.717) is 12.8 Å². The van der Waals surface area contributed by atoms with Crippen molar-refractivity contribution >= 4 is 17.5 Å². The van der Waals surface area contributed by atoms with Crippen molar-refractivity contribution in [1.82, 2.24) is 0 Å². The van der Waals surface area contributed by atoms with Crippen LogP contribution in [-0.2, 0) is 19.1 Å². The van der Waals surface area contributed by atoms with Gasteiger partial charge in [0.2, 0.25) is 0 Å². The molecule has 0 aromatic carbocycles. The molecule has 0 bridgehead atoms. The number of hydrogen-bond donors (Lipinski definition) is 0. The van der Waals surface area contributed by atoms with E-state index in [4.69, 9.17) is 4.74 Å². The Labute approximate surface area is 251 Å². The molecule has 5 atom stereocenters. The van der Waals surface area contributed by atoms with E-state index in [0.717, 1.165) is 51.4 Å². The van der Waals surface area contributed by atoms with Crippen molar-refractivity contribution in [3.05, 3.63) is 11.6 Å². The standard InChI is InChI=1S/C36H59NO4/c1-13-15-31(3,4)17-19-34(9,23-29(39)41-12)20-18-32(5,6)36(11)16-14-27-33(7,8)30(40)26(24-37)22-35(27,10)28(36)21-25(2)38/h22,27-28H,13-21,23H2,1-12H3/t27-,28+,34-,35-,36+/m0/s1. The molecule has 0 heterocycles. The van der Waals surface area contributed by atoms with Crippen molar-refractivity contribution in [1.29, 1.82) is 5.26 Å². The normalized spacial score (nSPS) is 29.5. The van der Waals surface area contributed by atoms with Crippen LogP contribution in [0.4, 0.5) is 0 Å². The highest BCUT2D eigenvalue weighted by atomic mass is 16.5. The van der Waals surface area contributed by atoms with Gasteiger partial charge in [0.1, 0.15) is 11.9 Å². The largest absolute Gasteiger partial charge is 0.469 e. The highest BCUT2D eigenvalue weighted by molar-refractivity contribution is 6.04. The second-order valence-corrected chi connectivity index (χ2v) is 16.4. The smallest absolute Gasteiger partial charge is 0.306 e. The van der Waals surface area contributed by atoms with Gasteiger partial charge < -0.3 is 9.53 Å². The molecule has 2 aliphatic rings. The van der Waals surface area contributed by atoms with E-state index in [9.17, 15) is 19.6 Å². The summed E-state index contributed by atoms with van der Waals surface area (Å²) in [5, 5.41) is 9.92. The van der Waals surface area contributed by atoms with Crippen molar-refractivity contribution in [3.8, 4) is 6.07 Å². The first-order valence-electron chi connectivity index (χ1n) is 15.9. The molecule has 0 aromatic rings. The number of carbonyl (C=O) groups excluding carboxylic acids is 3. The minimum Gasteiger partial charge on any atom is -0.469 e. The maximum Gasteiger partial charge on any atom is 0.306 e. The van der Waals surface area contributed by atoms with Gasteiger partial charge in [0.05, 0.1) is 19.1 Å². The highest BCUT2D eigenvalue weighted by Crippen LogP contribution is 2.68. The predicted molar refractivity (Wildman–Crippen MR) is 166 cm³/mol. The molecule has 0 unspecified atom stereocenters. The molecule has 2 aliphatic carbocycles. The van der Waals surface area contributed by atoms with Gasteiger partial charge in [0, 0.05) is 11.8 Å². The molecule has 1 saturated carbocycles. The molecule has 1 fully saturated rings. The number of ketones is 2. The number of Topliss-reactive ketones (excluding diaryl/α,β-unsaturated/α-hetero) is 2. The van der Waals surface area contributed by atoms with Gasteiger partial charge in [-0.25, -0.2) is 0 Å². The van der Waals surface area contributed by atoms with Gasteiger partial charge in [-0.1, -0.05) is 81.7 Å². The number of carbonyl (C=O) groups is 3. The third-order valence-electron chi connectivity index (χ3n) is 12.0. The van der Waals surface area contributed by atoms with Crippen LogP contribution in [0.5, 0.6) is 0 Å². The fourth-order valence-electron chi connectivity index (χ4n) is 8.77. The summed E-state index contributed by atoms with van der Waals surface area (Å²) in [6.45, 7) is 24.0. The summed E-state index contributed by atoms with van der Waals surface area (Å²) in [4.78, 5) is 38.7. The number of rotatable bonds is 13. The van der Waals surface area contributed by atoms with Gasteiger partial charge in [0.15, 0.2) is 5.78 Å². The van der Waals surface area contributed by atoms with Crippen molar-refractivity contribution in [2.24, 2.45) is 44.3 Å². The van der Waals surface area contributed by atoms with E-state index in [-0.39, 0.29) is 56.6 Å². The number of esters is 1. The Hall–Kier alpha value is -1.96. The Morgan fingerprint density at radius 3 is 2.12 bits per heavy atom. The summed E-state index contributed by atoms with van der Waals surface area (Å²) < 4.78 is 5.14. The number of nitrogens with zero attached hydrogens (tertiary/aromatic N) is 1. The molecule has 5 heteroatoms. The Balaban J connectivity index is 2.50. The fraction of sp³-hybridized carbons (Fsp3) is 0.833. The van der Waals surface area contributed by atoms with Crippen LogP contribution in [0.2, 0.25) is 0 Å². The van der Waals surface area contributed by atoms with E-state index in [2.05, 4.69) is 61.5 Å². The van der Waals surface area contributed by atoms with Gasteiger partial charge >= 0.3 is 5.97 Å². The number of methoxy groups -OCH3 is 1. The molecule has 0 aromatic heterocycles. The molecule has 0 spiro atoms. The molecule has 0 radical (unpaired) electrons. The lowest BCUT2D eigenvalue weighted by molar-refractivity contribution is -0.156. The Morgan fingerprint density at radius 2 is 1.61 bits per heavy atom. The summed E-state index contributed by atoms with van der Waals surface area (Å²) in [5.41, 5.74) is -1.17. The van der Waals surface area contributed by atoms with Crippen LogP contribution < -0.4 is 0 Å². The third kappa shape index (κ3) is 7.17. The zero-order valence-corrected chi connectivity index (χ0v) is 28.4. The topological polar surface area (TPSA) is 84.2 Å².